The summed E-state index contributed by atoms with van der Waals surface area (Å²) in [5.41, 5.74) is 4.61. The number of carbonyl (C=O) groups is 1. The summed E-state index contributed by atoms with van der Waals surface area (Å²) in [5.74, 6) is 0.807. The first-order chi connectivity index (χ1) is 14.9. The van der Waals surface area contributed by atoms with Gasteiger partial charge in [0, 0.05) is 5.56 Å². The lowest BCUT2D eigenvalue weighted by molar-refractivity contribution is 0.0697. The second-order valence-corrected chi connectivity index (χ2v) is 9.68. The summed E-state index contributed by atoms with van der Waals surface area (Å²) in [6, 6.07) is 14.2. The van der Waals surface area contributed by atoms with Crippen LogP contribution in [0.4, 0.5) is 0 Å². The largest absolute Gasteiger partial charge is 0.493 e. The van der Waals surface area contributed by atoms with Gasteiger partial charge >= 0.3 is 5.97 Å². The third-order valence-electron chi connectivity index (χ3n) is 6.81. The molecular formula is C28H38O3. The van der Waals surface area contributed by atoms with Gasteiger partial charge in [-0.3, -0.25) is 0 Å². The molecule has 0 amide bonds. The highest BCUT2D eigenvalue weighted by Crippen LogP contribution is 2.41. The van der Waals surface area contributed by atoms with Crippen molar-refractivity contribution in [3.05, 3.63) is 64.7 Å². The van der Waals surface area contributed by atoms with Gasteiger partial charge in [-0.2, -0.15) is 0 Å². The summed E-state index contributed by atoms with van der Waals surface area (Å²) in [4.78, 5) is 11.0. The molecule has 3 rings (SSSR count). The Bertz CT molecular complexity index is 851. The first kappa shape index (κ1) is 23.4. The van der Waals surface area contributed by atoms with Gasteiger partial charge in [-0.15, -0.1) is 0 Å². The van der Waals surface area contributed by atoms with E-state index in [9.17, 15) is 4.79 Å². The van der Waals surface area contributed by atoms with Crippen molar-refractivity contribution in [3.8, 4) is 5.75 Å². The zero-order valence-corrected chi connectivity index (χ0v) is 19.5. The van der Waals surface area contributed by atoms with Gasteiger partial charge in [0.1, 0.15) is 5.75 Å². The Morgan fingerprint density at radius 2 is 1.74 bits per heavy atom. The molecule has 2 aromatic rings. The smallest absolute Gasteiger partial charge is 0.335 e. The molecule has 0 bridgehead atoms. The molecule has 1 heterocycles. The van der Waals surface area contributed by atoms with E-state index in [1.165, 1.54) is 55.2 Å². The van der Waals surface area contributed by atoms with Crippen molar-refractivity contribution < 1.29 is 14.6 Å². The highest BCUT2D eigenvalue weighted by molar-refractivity contribution is 5.87. The summed E-state index contributed by atoms with van der Waals surface area (Å²) in [5, 5.41) is 9.05. The summed E-state index contributed by atoms with van der Waals surface area (Å²) in [7, 11) is 0. The van der Waals surface area contributed by atoms with Gasteiger partial charge in [0.25, 0.3) is 0 Å². The molecular weight excluding hydrogens is 384 g/mol. The minimum Gasteiger partial charge on any atom is -0.493 e. The fourth-order valence-corrected chi connectivity index (χ4v) is 4.66. The topological polar surface area (TPSA) is 46.5 Å². The lowest BCUT2D eigenvalue weighted by atomic mass is 9.77. The lowest BCUT2D eigenvalue weighted by Crippen LogP contribution is -2.26. The van der Waals surface area contributed by atoms with E-state index >= 15 is 0 Å². The van der Waals surface area contributed by atoms with Crippen LogP contribution in [-0.2, 0) is 11.8 Å². The second-order valence-electron chi connectivity index (χ2n) is 9.68. The van der Waals surface area contributed by atoms with Gasteiger partial charge < -0.3 is 9.84 Å². The predicted octanol–water partition coefficient (Wildman–Crippen LogP) is 7.52. The van der Waals surface area contributed by atoms with Crippen LogP contribution in [0.5, 0.6) is 5.75 Å². The van der Waals surface area contributed by atoms with E-state index in [-0.39, 0.29) is 5.41 Å². The molecule has 31 heavy (non-hydrogen) atoms. The average molecular weight is 423 g/mol. The third kappa shape index (κ3) is 6.35. The molecule has 1 unspecified atom stereocenters. The Morgan fingerprint density at radius 1 is 1.03 bits per heavy atom. The van der Waals surface area contributed by atoms with Gasteiger partial charge in [-0.05, 0) is 72.8 Å². The van der Waals surface area contributed by atoms with Crippen molar-refractivity contribution in [3.63, 3.8) is 0 Å². The number of aromatic carboxylic acids is 1. The SMILES string of the molecule is CCCCCC(CCCCc1ccc(C(=O)O)cc1)c1ccc2c(c1)C(C)(C)CCO2. The van der Waals surface area contributed by atoms with Gasteiger partial charge in [0.05, 0.1) is 12.2 Å². The molecule has 168 valence electrons. The monoisotopic (exact) mass is 422 g/mol. The predicted molar refractivity (Wildman–Crippen MR) is 127 cm³/mol. The minimum absolute atomic E-state index is 0.180. The Kier molecular flexibility index (Phi) is 8.17. The highest BCUT2D eigenvalue weighted by atomic mass is 16.5. The van der Waals surface area contributed by atoms with Crippen molar-refractivity contribution in [2.24, 2.45) is 0 Å². The van der Waals surface area contributed by atoms with E-state index in [1.807, 2.05) is 12.1 Å². The Labute approximate surface area is 187 Å². The number of hydrogen-bond donors (Lipinski definition) is 1. The third-order valence-corrected chi connectivity index (χ3v) is 6.81. The molecule has 0 radical (unpaired) electrons. The number of ether oxygens (including phenoxy) is 1. The summed E-state index contributed by atoms with van der Waals surface area (Å²) >= 11 is 0. The van der Waals surface area contributed by atoms with Gasteiger partial charge in [0.15, 0.2) is 0 Å². The average Bonchev–Trinajstić information content (AvgIpc) is 2.75. The Hall–Kier alpha value is -2.29. The molecule has 0 fully saturated rings. The normalized spacial score (nSPS) is 15.7. The van der Waals surface area contributed by atoms with Crippen LogP contribution in [0.25, 0.3) is 0 Å². The summed E-state index contributed by atoms with van der Waals surface area (Å²) in [6.07, 6.45) is 10.7. The number of carboxylic acid groups (broad SMARTS) is 1. The molecule has 1 N–H and O–H groups in total. The molecule has 3 nitrogen and oxygen atoms in total. The minimum atomic E-state index is -0.861. The van der Waals surface area contributed by atoms with Gasteiger partial charge in [-0.25, -0.2) is 4.79 Å². The zero-order valence-electron chi connectivity index (χ0n) is 19.5. The molecule has 0 spiro atoms. The van der Waals surface area contributed by atoms with Crippen LogP contribution in [0.1, 0.15) is 105 Å². The molecule has 1 aliphatic heterocycles. The van der Waals surface area contributed by atoms with Crippen LogP contribution in [0, 0.1) is 0 Å². The number of benzene rings is 2. The molecule has 0 aromatic heterocycles. The van der Waals surface area contributed by atoms with Gasteiger partial charge in [0.2, 0.25) is 0 Å². The quantitative estimate of drug-likeness (QED) is 0.381. The van der Waals surface area contributed by atoms with E-state index < -0.39 is 5.97 Å². The van der Waals surface area contributed by atoms with E-state index in [2.05, 4.69) is 39.0 Å². The van der Waals surface area contributed by atoms with E-state index in [0.29, 0.717) is 11.5 Å². The van der Waals surface area contributed by atoms with Crippen molar-refractivity contribution in [1.82, 2.24) is 0 Å². The number of aryl methyl sites for hydroxylation is 1. The van der Waals surface area contributed by atoms with Gasteiger partial charge in [-0.1, -0.05) is 70.7 Å². The Morgan fingerprint density at radius 3 is 2.42 bits per heavy atom. The number of rotatable bonds is 11. The lowest BCUT2D eigenvalue weighted by Gasteiger charge is -2.33. The van der Waals surface area contributed by atoms with Crippen LogP contribution >= 0.6 is 0 Å². The van der Waals surface area contributed by atoms with E-state index in [1.54, 1.807) is 12.1 Å². The molecule has 2 aromatic carbocycles. The maximum Gasteiger partial charge on any atom is 0.335 e. The number of carboxylic acids is 1. The number of hydrogen-bond acceptors (Lipinski definition) is 2. The van der Waals surface area contributed by atoms with Crippen molar-refractivity contribution >= 4 is 5.97 Å². The first-order valence-electron chi connectivity index (χ1n) is 12.0. The van der Waals surface area contributed by atoms with E-state index in [4.69, 9.17) is 9.84 Å². The fraction of sp³-hybridized carbons (Fsp3) is 0.536. The maximum absolute atomic E-state index is 11.0. The summed E-state index contributed by atoms with van der Waals surface area (Å²) in [6.45, 7) is 7.75. The number of fused-ring (bicyclic) bond motifs is 1. The Balaban J connectivity index is 1.62. The van der Waals surface area contributed by atoms with Crippen molar-refractivity contribution in [2.75, 3.05) is 6.61 Å². The standard InChI is InChI=1S/C28H38O3/c1-4-5-6-10-22(11-8-7-9-21-12-14-23(15-13-21)27(29)30)24-16-17-26-25(20-24)28(2,3)18-19-31-26/h12-17,20,22H,4-11,18-19H2,1-3H3,(H,29,30). The van der Waals surface area contributed by atoms with Crippen molar-refractivity contribution in [1.29, 1.82) is 0 Å². The number of unbranched alkanes of at least 4 members (excludes halogenated alkanes) is 3. The summed E-state index contributed by atoms with van der Waals surface area (Å²) < 4.78 is 5.93. The molecule has 1 atom stereocenters. The molecule has 3 heteroatoms. The van der Waals surface area contributed by atoms with Crippen LogP contribution < -0.4 is 4.74 Å². The first-order valence-corrected chi connectivity index (χ1v) is 12.0. The molecule has 1 aliphatic rings. The highest BCUT2D eigenvalue weighted by Gasteiger charge is 2.29. The molecule has 0 saturated carbocycles. The van der Waals surface area contributed by atoms with Crippen LogP contribution in [-0.4, -0.2) is 17.7 Å². The fourth-order valence-electron chi connectivity index (χ4n) is 4.66. The maximum atomic E-state index is 11.0. The van der Waals surface area contributed by atoms with Crippen LogP contribution in [0.2, 0.25) is 0 Å². The van der Waals surface area contributed by atoms with E-state index in [0.717, 1.165) is 31.6 Å². The van der Waals surface area contributed by atoms with Crippen molar-refractivity contribution in [2.45, 2.75) is 89.9 Å². The van der Waals surface area contributed by atoms with Crippen LogP contribution in [0.15, 0.2) is 42.5 Å². The second kappa shape index (κ2) is 10.8. The van der Waals surface area contributed by atoms with Crippen LogP contribution in [0.3, 0.4) is 0 Å². The molecule has 0 aliphatic carbocycles. The zero-order chi connectivity index (χ0) is 22.3. The molecule has 0 saturated heterocycles.